The van der Waals surface area contributed by atoms with Crippen molar-refractivity contribution in [2.24, 2.45) is 11.5 Å². The quantitative estimate of drug-likeness (QED) is 0.0371. The van der Waals surface area contributed by atoms with Gasteiger partial charge in [-0.25, -0.2) is 4.79 Å². The largest absolute Gasteiger partial charge is 0.481 e. The van der Waals surface area contributed by atoms with Crippen LogP contribution in [-0.2, 0) is 40.0 Å². The zero-order chi connectivity index (χ0) is 40.8. The number of aliphatic hydroxyl groups is 4. The SMILES string of the molecule is CC(O)C(NC(=O)C(CCC(=O)O)NC(=O)C(N)CO)C(=O)NC(CO)C(=O)NC(CCCCN)CNC(CO)C(=O)NC(Cc1ccccc1)C(=O)O. The summed E-state index contributed by atoms with van der Waals surface area (Å²) in [6.45, 7) is -1.15. The van der Waals surface area contributed by atoms with Gasteiger partial charge in [-0.1, -0.05) is 36.8 Å². The molecular weight excluding hydrogens is 716 g/mol. The molecule has 0 aliphatic rings. The molecule has 0 aliphatic carbocycles. The van der Waals surface area contributed by atoms with Crippen LogP contribution in [0.15, 0.2) is 30.3 Å². The summed E-state index contributed by atoms with van der Waals surface area (Å²) < 4.78 is 0. The van der Waals surface area contributed by atoms with Gasteiger partial charge < -0.3 is 74.0 Å². The average Bonchev–Trinajstić information content (AvgIpc) is 3.13. The first kappa shape index (κ1) is 47.3. The minimum atomic E-state index is -1.77. The Bertz CT molecular complexity index is 1370. The third kappa shape index (κ3) is 17.4. The van der Waals surface area contributed by atoms with Gasteiger partial charge in [0.15, 0.2) is 0 Å². The van der Waals surface area contributed by atoms with E-state index in [0.29, 0.717) is 24.9 Å². The normalized spacial score (nSPS) is 15.5. The number of nitrogens with two attached hydrogens (primary N) is 2. The molecule has 0 fully saturated rings. The highest BCUT2D eigenvalue weighted by molar-refractivity contribution is 5.95. The van der Waals surface area contributed by atoms with Crippen LogP contribution in [0, 0.1) is 0 Å². The summed E-state index contributed by atoms with van der Waals surface area (Å²) in [6.07, 6.45) is -1.34. The first-order valence-corrected chi connectivity index (χ1v) is 17.3. The molecule has 54 heavy (non-hydrogen) atoms. The van der Waals surface area contributed by atoms with Crippen molar-refractivity contribution in [1.29, 1.82) is 0 Å². The highest BCUT2D eigenvalue weighted by Gasteiger charge is 2.33. The molecule has 0 saturated carbocycles. The number of carbonyl (C=O) groups excluding carboxylic acids is 5. The Kier molecular flexibility index (Phi) is 22.1. The Morgan fingerprint density at radius 1 is 0.685 bits per heavy atom. The lowest BCUT2D eigenvalue weighted by molar-refractivity contribution is -0.142. The number of nitrogens with one attached hydrogen (secondary N) is 6. The molecule has 0 aromatic heterocycles. The number of carboxylic acids is 2. The van der Waals surface area contributed by atoms with Gasteiger partial charge in [-0.05, 0) is 38.3 Å². The number of rotatable bonds is 27. The lowest BCUT2D eigenvalue weighted by Gasteiger charge is -2.28. The van der Waals surface area contributed by atoms with Crippen LogP contribution in [0.2, 0.25) is 0 Å². The van der Waals surface area contributed by atoms with E-state index in [1.54, 1.807) is 30.3 Å². The second kappa shape index (κ2) is 25.3. The van der Waals surface area contributed by atoms with Crippen molar-refractivity contribution in [1.82, 2.24) is 31.9 Å². The number of carboxylic acid groups (broad SMARTS) is 2. The number of hydrogen-bond donors (Lipinski definition) is 14. The summed E-state index contributed by atoms with van der Waals surface area (Å²) in [6, 6.07) is -1.19. The molecule has 21 nitrogen and oxygen atoms in total. The molecule has 0 heterocycles. The van der Waals surface area contributed by atoms with E-state index in [4.69, 9.17) is 21.7 Å². The maximum atomic E-state index is 13.3. The van der Waals surface area contributed by atoms with Crippen LogP contribution in [-0.4, -0.2) is 153 Å². The molecule has 0 saturated heterocycles. The summed E-state index contributed by atoms with van der Waals surface area (Å²) in [5, 5.41) is 72.5. The summed E-state index contributed by atoms with van der Waals surface area (Å²) in [5.41, 5.74) is 11.7. The average molecular weight is 771 g/mol. The van der Waals surface area contributed by atoms with Crippen molar-refractivity contribution >= 4 is 41.5 Å². The molecule has 16 N–H and O–H groups in total. The van der Waals surface area contributed by atoms with E-state index in [1.165, 1.54) is 0 Å². The Morgan fingerprint density at radius 2 is 1.26 bits per heavy atom. The predicted octanol–water partition coefficient (Wildman–Crippen LogP) is -5.63. The standard InChI is InChI=1S/C33H54N8O13/c1-18(45)27(41-29(49)22(10-11-26(46)47)38-28(48)21(35)15-42)32(52)40-25(17-44)31(51)37-20(9-5-6-12-34)14-36-24(16-43)30(50)39-23(33(53)54)13-19-7-3-2-4-8-19/h2-4,7-8,18,20-25,27,36,42-45H,5-6,9-17,34-35H2,1H3,(H,37,51)(H,38,48)(H,39,50)(H,40,52)(H,41,49)(H,46,47)(H,53,54). The highest BCUT2D eigenvalue weighted by Crippen LogP contribution is 2.06. The molecule has 0 aliphatic heterocycles. The molecule has 5 amide bonds. The van der Waals surface area contributed by atoms with Crippen molar-refractivity contribution in [2.45, 2.75) is 93.8 Å². The molecule has 304 valence electrons. The first-order valence-electron chi connectivity index (χ1n) is 17.3. The Balaban J connectivity index is 3.03. The lowest BCUT2D eigenvalue weighted by Crippen LogP contribution is -2.61. The monoisotopic (exact) mass is 770 g/mol. The summed E-state index contributed by atoms with van der Waals surface area (Å²) in [4.78, 5) is 87.6. The van der Waals surface area contributed by atoms with Crippen LogP contribution in [0.5, 0.6) is 0 Å². The Hall–Kier alpha value is -4.77. The summed E-state index contributed by atoms with van der Waals surface area (Å²) >= 11 is 0. The van der Waals surface area contributed by atoms with Gasteiger partial charge in [0.05, 0.1) is 25.9 Å². The van der Waals surface area contributed by atoms with Gasteiger partial charge in [0, 0.05) is 25.4 Å². The third-order valence-corrected chi connectivity index (χ3v) is 8.05. The van der Waals surface area contributed by atoms with Crippen LogP contribution in [0.25, 0.3) is 0 Å². The fraction of sp³-hybridized carbons (Fsp3) is 0.606. The number of aliphatic carboxylic acids is 2. The van der Waals surface area contributed by atoms with Gasteiger partial charge in [0.1, 0.15) is 36.3 Å². The van der Waals surface area contributed by atoms with Crippen LogP contribution < -0.4 is 43.4 Å². The van der Waals surface area contributed by atoms with Gasteiger partial charge in [-0.15, -0.1) is 0 Å². The van der Waals surface area contributed by atoms with E-state index in [-0.39, 0.29) is 19.4 Å². The number of amides is 5. The molecule has 0 bridgehead atoms. The van der Waals surface area contributed by atoms with Crippen LogP contribution in [0.1, 0.15) is 44.6 Å². The number of unbranched alkanes of at least 4 members (excludes halogenated alkanes) is 1. The molecule has 8 unspecified atom stereocenters. The number of aliphatic hydroxyl groups excluding tert-OH is 4. The van der Waals surface area contributed by atoms with Gasteiger partial charge in [-0.2, -0.15) is 0 Å². The molecule has 1 aromatic rings. The van der Waals surface area contributed by atoms with E-state index in [9.17, 15) is 54.0 Å². The molecule has 1 rings (SSSR count). The zero-order valence-electron chi connectivity index (χ0n) is 30.0. The number of carbonyl (C=O) groups is 7. The first-order chi connectivity index (χ1) is 25.6. The topological polar surface area (TPSA) is 365 Å². The molecule has 0 radical (unpaired) electrons. The number of hydrogen-bond acceptors (Lipinski definition) is 14. The Morgan fingerprint density at radius 3 is 1.80 bits per heavy atom. The lowest BCUT2D eigenvalue weighted by atomic mass is 10.1. The minimum Gasteiger partial charge on any atom is -0.481 e. The minimum absolute atomic E-state index is 0.0209. The van der Waals surface area contributed by atoms with E-state index >= 15 is 0 Å². The Labute approximate surface area is 311 Å². The fourth-order valence-electron chi connectivity index (χ4n) is 4.92. The highest BCUT2D eigenvalue weighted by atomic mass is 16.4. The van der Waals surface area contributed by atoms with E-state index < -0.39 is 123 Å². The summed E-state index contributed by atoms with van der Waals surface area (Å²) in [7, 11) is 0. The van der Waals surface area contributed by atoms with E-state index in [0.717, 1.165) is 6.92 Å². The maximum absolute atomic E-state index is 13.3. The second-order valence-corrected chi connectivity index (χ2v) is 12.5. The number of benzene rings is 1. The smallest absolute Gasteiger partial charge is 0.326 e. The van der Waals surface area contributed by atoms with Crippen LogP contribution in [0.3, 0.4) is 0 Å². The van der Waals surface area contributed by atoms with E-state index in [1.807, 2.05) is 0 Å². The van der Waals surface area contributed by atoms with Crippen molar-refractivity contribution in [3.05, 3.63) is 35.9 Å². The van der Waals surface area contributed by atoms with Gasteiger partial charge in [-0.3, -0.25) is 28.8 Å². The van der Waals surface area contributed by atoms with Gasteiger partial charge >= 0.3 is 11.9 Å². The zero-order valence-corrected chi connectivity index (χ0v) is 30.0. The molecule has 1 aromatic carbocycles. The van der Waals surface area contributed by atoms with Gasteiger partial charge in [0.2, 0.25) is 29.5 Å². The maximum Gasteiger partial charge on any atom is 0.326 e. The third-order valence-electron chi connectivity index (χ3n) is 8.05. The second-order valence-electron chi connectivity index (χ2n) is 12.5. The van der Waals surface area contributed by atoms with Crippen LogP contribution in [0.4, 0.5) is 0 Å². The van der Waals surface area contributed by atoms with Crippen molar-refractivity contribution in [2.75, 3.05) is 32.9 Å². The van der Waals surface area contributed by atoms with E-state index in [2.05, 4.69) is 31.9 Å². The molecule has 8 atom stereocenters. The molecular formula is C33H54N8O13. The fourth-order valence-corrected chi connectivity index (χ4v) is 4.92. The van der Waals surface area contributed by atoms with Crippen molar-refractivity contribution < 1.29 is 64.2 Å². The van der Waals surface area contributed by atoms with Gasteiger partial charge in [0.25, 0.3) is 0 Å². The van der Waals surface area contributed by atoms with Crippen molar-refractivity contribution in [3.8, 4) is 0 Å². The molecule has 0 spiro atoms. The predicted molar refractivity (Wildman–Crippen MR) is 190 cm³/mol. The molecule has 21 heteroatoms. The van der Waals surface area contributed by atoms with Crippen molar-refractivity contribution in [3.63, 3.8) is 0 Å². The summed E-state index contributed by atoms with van der Waals surface area (Å²) in [5.74, 6) is -7.56. The van der Waals surface area contributed by atoms with Crippen LogP contribution >= 0.6 is 0 Å².